The Morgan fingerprint density at radius 3 is 2.77 bits per heavy atom. The Balaban J connectivity index is 1.65. The number of piperidine rings is 1. The van der Waals surface area contributed by atoms with Gasteiger partial charge < -0.3 is 10.6 Å². The molecule has 1 atom stereocenters. The topological polar surface area (TPSA) is 72.9 Å². The number of nitrogens with two attached hydrogens (primary N) is 1. The maximum Gasteiger partial charge on any atom is 0.157 e. The van der Waals surface area contributed by atoms with Gasteiger partial charge in [-0.3, -0.25) is 0 Å². The van der Waals surface area contributed by atoms with Gasteiger partial charge in [0.2, 0.25) is 0 Å². The molecule has 0 bridgehead atoms. The van der Waals surface area contributed by atoms with E-state index in [1.54, 1.807) is 0 Å². The molecule has 22 heavy (non-hydrogen) atoms. The minimum absolute atomic E-state index is 0.170. The number of tetrazole rings is 1. The number of para-hydroxylation sites is 1. The fourth-order valence-corrected chi connectivity index (χ4v) is 3.07. The average molecular weight is 300 g/mol. The van der Waals surface area contributed by atoms with Crippen LogP contribution in [-0.2, 0) is 6.42 Å². The maximum atomic E-state index is 6.20. The molecule has 0 aliphatic carbocycles. The minimum Gasteiger partial charge on any atom is -0.327 e. The molecule has 6 nitrogen and oxygen atoms in total. The fourth-order valence-electron chi connectivity index (χ4n) is 3.07. The number of likely N-dealkylation sites (tertiary alicyclic amines) is 1. The van der Waals surface area contributed by atoms with E-state index in [0.717, 1.165) is 44.0 Å². The van der Waals surface area contributed by atoms with Gasteiger partial charge >= 0.3 is 0 Å². The number of nitrogens with zero attached hydrogens (tertiary/aromatic N) is 5. The molecule has 118 valence electrons. The smallest absolute Gasteiger partial charge is 0.157 e. The summed E-state index contributed by atoms with van der Waals surface area (Å²) >= 11 is 0. The molecule has 1 fully saturated rings. The molecule has 1 aromatic heterocycles. The SMILES string of the molecule is CC1(C)CN(CCc2nnnn2-c2ccccc2)CCC1N. The van der Waals surface area contributed by atoms with E-state index in [4.69, 9.17) is 5.73 Å². The minimum atomic E-state index is 0.170. The van der Waals surface area contributed by atoms with Crippen molar-refractivity contribution in [3.8, 4) is 5.69 Å². The molecule has 2 aromatic rings. The van der Waals surface area contributed by atoms with Crippen molar-refractivity contribution in [2.75, 3.05) is 19.6 Å². The lowest BCUT2D eigenvalue weighted by Gasteiger charge is -2.42. The third-order valence-corrected chi connectivity index (χ3v) is 4.58. The zero-order valence-corrected chi connectivity index (χ0v) is 13.3. The second kappa shape index (κ2) is 6.14. The van der Waals surface area contributed by atoms with Crippen LogP contribution in [0, 0.1) is 5.41 Å². The van der Waals surface area contributed by atoms with Gasteiger partial charge in [0.15, 0.2) is 5.82 Å². The lowest BCUT2D eigenvalue weighted by atomic mass is 9.80. The molecular weight excluding hydrogens is 276 g/mol. The van der Waals surface area contributed by atoms with Crippen LogP contribution in [0.25, 0.3) is 5.69 Å². The van der Waals surface area contributed by atoms with Gasteiger partial charge in [0, 0.05) is 25.6 Å². The summed E-state index contributed by atoms with van der Waals surface area (Å²) < 4.78 is 1.82. The van der Waals surface area contributed by atoms with Crippen LogP contribution in [0.2, 0.25) is 0 Å². The molecule has 0 spiro atoms. The number of aromatic nitrogens is 4. The van der Waals surface area contributed by atoms with E-state index >= 15 is 0 Å². The van der Waals surface area contributed by atoms with Gasteiger partial charge in [-0.1, -0.05) is 32.0 Å². The molecule has 3 rings (SSSR count). The standard InChI is InChI=1S/C16H24N6/c1-16(2)12-21(10-8-14(16)17)11-9-15-18-19-20-22(15)13-6-4-3-5-7-13/h3-7,14H,8-12,17H2,1-2H3. The van der Waals surface area contributed by atoms with Gasteiger partial charge in [-0.2, -0.15) is 4.68 Å². The summed E-state index contributed by atoms with van der Waals surface area (Å²) in [7, 11) is 0. The normalized spacial score (nSPS) is 21.9. The Kier molecular flexibility index (Phi) is 4.22. The summed E-state index contributed by atoms with van der Waals surface area (Å²) in [6, 6.07) is 10.3. The van der Waals surface area contributed by atoms with Crippen LogP contribution < -0.4 is 5.73 Å². The lowest BCUT2D eigenvalue weighted by Crippen LogP contribution is -2.52. The highest BCUT2D eigenvalue weighted by Gasteiger charge is 2.33. The molecule has 6 heteroatoms. The zero-order chi connectivity index (χ0) is 15.6. The molecule has 0 saturated carbocycles. The van der Waals surface area contributed by atoms with Crippen molar-refractivity contribution >= 4 is 0 Å². The Hall–Kier alpha value is -1.79. The number of benzene rings is 1. The molecule has 1 aliphatic rings. The molecule has 1 aromatic carbocycles. The van der Waals surface area contributed by atoms with E-state index in [1.807, 2.05) is 35.0 Å². The number of rotatable bonds is 4. The second-order valence-corrected chi connectivity index (χ2v) is 6.75. The van der Waals surface area contributed by atoms with Gasteiger partial charge in [0.25, 0.3) is 0 Å². The Morgan fingerprint density at radius 1 is 1.27 bits per heavy atom. The van der Waals surface area contributed by atoms with Gasteiger partial charge in [0.05, 0.1) is 5.69 Å². The molecule has 2 heterocycles. The van der Waals surface area contributed by atoms with Crippen molar-refractivity contribution in [2.24, 2.45) is 11.1 Å². The summed E-state index contributed by atoms with van der Waals surface area (Å²) in [5, 5.41) is 12.1. The van der Waals surface area contributed by atoms with Crippen molar-refractivity contribution in [1.82, 2.24) is 25.1 Å². The first-order valence-electron chi connectivity index (χ1n) is 7.87. The first kappa shape index (κ1) is 15.1. The third kappa shape index (κ3) is 3.18. The summed E-state index contributed by atoms with van der Waals surface area (Å²) in [4.78, 5) is 2.47. The van der Waals surface area contributed by atoms with Crippen LogP contribution in [0.15, 0.2) is 30.3 Å². The zero-order valence-electron chi connectivity index (χ0n) is 13.3. The first-order valence-corrected chi connectivity index (χ1v) is 7.87. The average Bonchev–Trinajstić information content (AvgIpc) is 2.98. The van der Waals surface area contributed by atoms with Crippen LogP contribution in [0.1, 0.15) is 26.1 Å². The quantitative estimate of drug-likeness (QED) is 0.920. The van der Waals surface area contributed by atoms with Crippen molar-refractivity contribution in [1.29, 1.82) is 0 Å². The third-order valence-electron chi connectivity index (χ3n) is 4.58. The molecule has 0 amide bonds. The highest BCUT2D eigenvalue weighted by molar-refractivity contribution is 5.30. The van der Waals surface area contributed by atoms with E-state index in [-0.39, 0.29) is 5.41 Å². The van der Waals surface area contributed by atoms with E-state index in [1.165, 1.54) is 0 Å². The number of hydrogen-bond acceptors (Lipinski definition) is 5. The summed E-state index contributed by atoms with van der Waals surface area (Å²) in [5.41, 5.74) is 7.38. The Labute approximate surface area is 131 Å². The molecule has 1 aliphatic heterocycles. The van der Waals surface area contributed by atoms with Crippen molar-refractivity contribution in [2.45, 2.75) is 32.7 Å². The van der Waals surface area contributed by atoms with Gasteiger partial charge in [-0.25, -0.2) is 0 Å². The molecule has 1 unspecified atom stereocenters. The van der Waals surface area contributed by atoms with Crippen molar-refractivity contribution in [3.05, 3.63) is 36.2 Å². The first-order chi connectivity index (χ1) is 10.6. The fraction of sp³-hybridized carbons (Fsp3) is 0.562. The van der Waals surface area contributed by atoms with Crippen molar-refractivity contribution in [3.63, 3.8) is 0 Å². The Morgan fingerprint density at radius 2 is 2.05 bits per heavy atom. The highest BCUT2D eigenvalue weighted by atomic mass is 15.5. The summed E-state index contributed by atoms with van der Waals surface area (Å²) in [6.45, 7) is 7.54. The van der Waals surface area contributed by atoms with E-state index < -0.39 is 0 Å². The molecular formula is C16H24N6. The Bertz CT molecular complexity index is 606. The van der Waals surface area contributed by atoms with E-state index in [0.29, 0.717) is 6.04 Å². The highest BCUT2D eigenvalue weighted by Crippen LogP contribution is 2.27. The lowest BCUT2D eigenvalue weighted by molar-refractivity contribution is 0.0959. The van der Waals surface area contributed by atoms with Crippen LogP contribution in [0.5, 0.6) is 0 Å². The maximum absolute atomic E-state index is 6.20. The van der Waals surface area contributed by atoms with E-state index in [2.05, 4.69) is 34.3 Å². The molecule has 1 saturated heterocycles. The van der Waals surface area contributed by atoms with Crippen LogP contribution in [-0.4, -0.2) is 50.8 Å². The van der Waals surface area contributed by atoms with Crippen LogP contribution in [0.4, 0.5) is 0 Å². The van der Waals surface area contributed by atoms with Gasteiger partial charge in [0.1, 0.15) is 0 Å². The summed E-state index contributed by atoms with van der Waals surface area (Å²) in [5.74, 6) is 0.902. The molecule has 0 radical (unpaired) electrons. The molecule has 2 N–H and O–H groups in total. The van der Waals surface area contributed by atoms with Gasteiger partial charge in [-0.05, 0) is 40.9 Å². The summed E-state index contributed by atoms with van der Waals surface area (Å²) in [6.07, 6.45) is 1.89. The van der Waals surface area contributed by atoms with Crippen LogP contribution in [0.3, 0.4) is 0 Å². The van der Waals surface area contributed by atoms with Crippen molar-refractivity contribution < 1.29 is 0 Å². The van der Waals surface area contributed by atoms with E-state index in [9.17, 15) is 0 Å². The number of hydrogen-bond donors (Lipinski definition) is 1. The predicted molar refractivity (Wildman–Crippen MR) is 85.7 cm³/mol. The predicted octanol–water partition coefficient (Wildman–Crippen LogP) is 1.26. The monoisotopic (exact) mass is 300 g/mol. The largest absolute Gasteiger partial charge is 0.327 e. The second-order valence-electron chi connectivity index (χ2n) is 6.75. The van der Waals surface area contributed by atoms with Gasteiger partial charge in [-0.15, -0.1) is 5.10 Å². The van der Waals surface area contributed by atoms with Crippen LogP contribution >= 0.6 is 0 Å².